The lowest BCUT2D eigenvalue weighted by molar-refractivity contribution is -0.118. The summed E-state index contributed by atoms with van der Waals surface area (Å²) in [4.78, 5) is 14.1. The van der Waals surface area contributed by atoms with Crippen molar-refractivity contribution in [2.24, 2.45) is 5.92 Å². The zero-order valence-corrected chi connectivity index (χ0v) is 14.6. The number of rotatable bonds is 3. The summed E-state index contributed by atoms with van der Waals surface area (Å²) in [5.74, 6) is 1.50. The van der Waals surface area contributed by atoms with E-state index in [-0.39, 0.29) is 12.5 Å². The number of fused-ring (bicyclic) bond motifs is 1. The predicted molar refractivity (Wildman–Crippen MR) is 99.7 cm³/mol. The molecule has 2 aromatic rings. The molecule has 0 radical (unpaired) electrons. The van der Waals surface area contributed by atoms with Crippen molar-refractivity contribution in [1.82, 2.24) is 4.90 Å². The summed E-state index contributed by atoms with van der Waals surface area (Å²) in [6, 6.07) is 14.7. The number of carbonyl (C=O) groups excluding carboxylic acids is 1. The number of nitrogens with zero attached hydrogens (tertiary/aromatic N) is 1. The summed E-state index contributed by atoms with van der Waals surface area (Å²) in [5, 5.41) is 2.88. The number of carbonyl (C=O) groups is 1. The highest BCUT2D eigenvalue weighted by Crippen LogP contribution is 2.33. The zero-order chi connectivity index (χ0) is 17.2. The van der Waals surface area contributed by atoms with Gasteiger partial charge in [-0.3, -0.25) is 9.69 Å². The fourth-order valence-electron chi connectivity index (χ4n) is 3.59. The summed E-state index contributed by atoms with van der Waals surface area (Å²) in [5.41, 5.74) is 4.36. The number of piperidine rings is 1. The number of benzene rings is 2. The van der Waals surface area contributed by atoms with Gasteiger partial charge in [0.2, 0.25) is 0 Å². The minimum absolute atomic E-state index is 0.0935. The first-order valence-corrected chi connectivity index (χ1v) is 9.06. The van der Waals surface area contributed by atoms with Crippen LogP contribution in [0.4, 0.5) is 5.69 Å². The second-order valence-corrected chi connectivity index (χ2v) is 7.21. The van der Waals surface area contributed by atoms with E-state index in [9.17, 15) is 4.79 Å². The number of hydrogen-bond acceptors (Lipinski definition) is 3. The van der Waals surface area contributed by atoms with Crippen LogP contribution in [0.1, 0.15) is 25.3 Å². The van der Waals surface area contributed by atoms with E-state index >= 15 is 0 Å². The van der Waals surface area contributed by atoms with E-state index in [2.05, 4.69) is 47.5 Å². The molecule has 130 valence electrons. The van der Waals surface area contributed by atoms with Crippen LogP contribution in [-0.2, 0) is 11.3 Å². The van der Waals surface area contributed by atoms with Crippen molar-refractivity contribution in [2.45, 2.75) is 26.3 Å². The lowest BCUT2D eigenvalue weighted by atomic mass is 9.98. The number of amides is 1. The van der Waals surface area contributed by atoms with Crippen molar-refractivity contribution in [3.05, 3.63) is 48.0 Å². The fraction of sp³-hybridized carbons (Fsp3) is 0.381. The van der Waals surface area contributed by atoms with E-state index in [1.54, 1.807) is 0 Å². The van der Waals surface area contributed by atoms with Crippen LogP contribution in [0.15, 0.2) is 42.5 Å². The molecule has 0 spiro atoms. The lowest BCUT2D eigenvalue weighted by Crippen LogP contribution is -2.32. The van der Waals surface area contributed by atoms with E-state index in [1.165, 1.54) is 37.1 Å². The van der Waals surface area contributed by atoms with Gasteiger partial charge in [-0.1, -0.05) is 31.2 Å². The third kappa shape index (κ3) is 3.69. The molecule has 0 unspecified atom stereocenters. The van der Waals surface area contributed by atoms with Gasteiger partial charge in [0.25, 0.3) is 5.91 Å². The van der Waals surface area contributed by atoms with Gasteiger partial charge in [-0.2, -0.15) is 0 Å². The molecule has 0 aromatic heterocycles. The molecule has 4 rings (SSSR count). The summed E-state index contributed by atoms with van der Waals surface area (Å²) in [6.45, 7) is 5.82. The van der Waals surface area contributed by atoms with Crippen LogP contribution >= 0.6 is 0 Å². The normalized spacial score (nSPS) is 18.4. The van der Waals surface area contributed by atoms with Gasteiger partial charge in [-0.15, -0.1) is 0 Å². The molecule has 4 nitrogen and oxygen atoms in total. The standard InChI is InChI=1S/C21H24N2O2/c1-15-7-9-23(10-8-15)13-16-3-2-4-17(11-16)18-5-6-20-19(12-18)22-21(24)14-25-20/h2-6,11-12,15H,7-10,13-14H2,1H3,(H,22,24). The van der Waals surface area contributed by atoms with Crippen LogP contribution in [0.3, 0.4) is 0 Å². The molecule has 0 aliphatic carbocycles. The van der Waals surface area contributed by atoms with E-state index < -0.39 is 0 Å². The van der Waals surface area contributed by atoms with Crippen LogP contribution in [0.2, 0.25) is 0 Å². The Morgan fingerprint density at radius 3 is 2.76 bits per heavy atom. The maximum Gasteiger partial charge on any atom is 0.262 e. The molecule has 0 saturated carbocycles. The molecule has 0 bridgehead atoms. The number of likely N-dealkylation sites (tertiary alicyclic amines) is 1. The van der Waals surface area contributed by atoms with Crippen molar-refractivity contribution in [3.8, 4) is 16.9 Å². The average Bonchev–Trinajstić information content (AvgIpc) is 2.63. The quantitative estimate of drug-likeness (QED) is 0.924. The van der Waals surface area contributed by atoms with Gasteiger partial charge in [0.1, 0.15) is 5.75 Å². The number of hydrogen-bond donors (Lipinski definition) is 1. The molecule has 2 aromatic carbocycles. The van der Waals surface area contributed by atoms with Crippen molar-refractivity contribution in [3.63, 3.8) is 0 Å². The topological polar surface area (TPSA) is 41.6 Å². The summed E-state index contributed by atoms with van der Waals surface area (Å²) in [7, 11) is 0. The Bertz CT molecular complexity index is 779. The van der Waals surface area contributed by atoms with Gasteiger partial charge in [0, 0.05) is 6.54 Å². The number of anilines is 1. The smallest absolute Gasteiger partial charge is 0.262 e. The molecular formula is C21H24N2O2. The molecule has 2 aliphatic rings. The maximum atomic E-state index is 11.5. The second kappa shape index (κ2) is 6.89. The van der Waals surface area contributed by atoms with Gasteiger partial charge < -0.3 is 10.1 Å². The van der Waals surface area contributed by atoms with Gasteiger partial charge in [-0.05, 0) is 66.7 Å². The zero-order valence-electron chi connectivity index (χ0n) is 14.6. The molecule has 1 saturated heterocycles. The number of nitrogens with one attached hydrogen (secondary N) is 1. The Hall–Kier alpha value is -2.33. The van der Waals surface area contributed by atoms with Crippen LogP contribution in [-0.4, -0.2) is 30.5 Å². The Morgan fingerprint density at radius 2 is 1.92 bits per heavy atom. The van der Waals surface area contributed by atoms with Crippen molar-refractivity contribution >= 4 is 11.6 Å². The molecular weight excluding hydrogens is 312 g/mol. The van der Waals surface area contributed by atoms with E-state index in [4.69, 9.17) is 4.74 Å². The monoisotopic (exact) mass is 336 g/mol. The summed E-state index contributed by atoms with van der Waals surface area (Å²) < 4.78 is 5.44. The molecule has 25 heavy (non-hydrogen) atoms. The van der Waals surface area contributed by atoms with Crippen LogP contribution in [0.25, 0.3) is 11.1 Å². The van der Waals surface area contributed by atoms with Crippen molar-refractivity contribution in [1.29, 1.82) is 0 Å². The first kappa shape index (κ1) is 16.2. The largest absolute Gasteiger partial charge is 0.482 e. The molecule has 4 heteroatoms. The molecule has 2 heterocycles. The van der Waals surface area contributed by atoms with Gasteiger partial charge >= 0.3 is 0 Å². The molecule has 1 N–H and O–H groups in total. The predicted octanol–water partition coefficient (Wildman–Crippen LogP) is 3.92. The molecule has 1 fully saturated rings. The van der Waals surface area contributed by atoms with Crippen molar-refractivity contribution in [2.75, 3.05) is 25.0 Å². The SMILES string of the molecule is CC1CCN(Cc2cccc(-c3ccc4c(c3)NC(=O)CO4)c2)CC1. The lowest BCUT2D eigenvalue weighted by Gasteiger charge is -2.30. The number of ether oxygens (including phenoxy) is 1. The maximum absolute atomic E-state index is 11.5. The Morgan fingerprint density at radius 1 is 1.12 bits per heavy atom. The second-order valence-electron chi connectivity index (χ2n) is 7.21. The minimum atomic E-state index is -0.0993. The third-order valence-corrected chi connectivity index (χ3v) is 5.16. The van der Waals surface area contributed by atoms with Gasteiger partial charge in [0.15, 0.2) is 6.61 Å². The first-order valence-electron chi connectivity index (χ1n) is 9.06. The van der Waals surface area contributed by atoms with Crippen molar-refractivity contribution < 1.29 is 9.53 Å². The van der Waals surface area contributed by atoms with Crippen LogP contribution in [0, 0.1) is 5.92 Å². The first-order chi connectivity index (χ1) is 12.2. The highest BCUT2D eigenvalue weighted by Gasteiger charge is 2.17. The molecule has 1 amide bonds. The fourth-order valence-corrected chi connectivity index (χ4v) is 3.59. The minimum Gasteiger partial charge on any atom is -0.482 e. The average molecular weight is 336 g/mol. The summed E-state index contributed by atoms with van der Waals surface area (Å²) in [6.07, 6.45) is 2.59. The van der Waals surface area contributed by atoms with E-state index in [0.717, 1.165) is 29.5 Å². The Labute approximate surface area is 148 Å². The summed E-state index contributed by atoms with van der Waals surface area (Å²) >= 11 is 0. The van der Waals surface area contributed by atoms with Gasteiger partial charge in [-0.25, -0.2) is 0 Å². The van der Waals surface area contributed by atoms with Gasteiger partial charge in [0.05, 0.1) is 5.69 Å². The Kier molecular flexibility index (Phi) is 4.45. The molecule has 0 atom stereocenters. The van der Waals surface area contributed by atoms with Crippen LogP contribution < -0.4 is 10.1 Å². The van der Waals surface area contributed by atoms with E-state index in [0.29, 0.717) is 0 Å². The Balaban J connectivity index is 1.53. The highest BCUT2D eigenvalue weighted by atomic mass is 16.5. The molecule has 2 aliphatic heterocycles. The van der Waals surface area contributed by atoms with E-state index in [1.807, 2.05) is 12.1 Å². The highest BCUT2D eigenvalue weighted by molar-refractivity contribution is 5.96. The third-order valence-electron chi connectivity index (χ3n) is 5.16. The van der Waals surface area contributed by atoms with Crippen LogP contribution in [0.5, 0.6) is 5.75 Å².